The van der Waals surface area contributed by atoms with Gasteiger partial charge in [-0.2, -0.15) is 5.26 Å². The molecule has 6 heteroatoms. The molecule has 148 valence electrons. The van der Waals surface area contributed by atoms with Crippen LogP contribution in [0.2, 0.25) is 0 Å². The van der Waals surface area contributed by atoms with E-state index in [1.165, 1.54) is 0 Å². The van der Waals surface area contributed by atoms with Crippen molar-refractivity contribution in [2.24, 2.45) is 0 Å². The first kappa shape index (κ1) is 20.0. The van der Waals surface area contributed by atoms with E-state index in [0.717, 1.165) is 25.7 Å². The van der Waals surface area contributed by atoms with Crippen LogP contribution in [0.15, 0.2) is 66.7 Å². The molecule has 4 aromatic rings. The highest BCUT2D eigenvalue weighted by atomic mass is 127. The third kappa shape index (κ3) is 4.31. The molecule has 0 saturated heterocycles. The Balaban J connectivity index is 1.65. The molecule has 0 fully saturated rings. The number of allylic oxidation sites excluding steroid dienone is 1. The number of H-pyrrole nitrogens is 1. The number of aromatic amines is 1. The minimum Gasteiger partial charge on any atom is -0.493 e. The van der Waals surface area contributed by atoms with Gasteiger partial charge in [0.2, 0.25) is 0 Å². The largest absolute Gasteiger partial charge is 0.493 e. The topological polar surface area (TPSA) is 70.9 Å². The Labute approximate surface area is 188 Å². The van der Waals surface area contributed by atoms with Crippen LogP contribution in [0.25, 0.3) is 22.7 Å². The minimum atomic E-state index is 0.446. The molecular formula is C24H18IN3O2. The van der Waals surface area contributed by atoms with Gasteiger partial charge in [-0.25, -0.2) is 4.98 Å². The van der Waals surface area contributed by atoms with Crippen LogP contribution in [-0.2, 0) is 6.61 Å². The fraction of sp³-hybridized carbons (Fsp3) is 0.0833. The Morgan fingerprint density at radius 2 is 1.90 bits per heavy atom. The molecule has 0 unspecified atom stereocenters. The molecule has 1 heterocycles. The van der Waals surface area contributed by atoms with Crippen LogP contribution in [0, 0.1) is 14.9 Å². The van der Waals surface area contributed by atoms with Crippen molar-refractivity contribution in [2.45, 2.75) is 6.61 Å². The maximum atomic E-state index is 9.69. The number of fused-ring (bicyclic) bond motifs is 1. The molecule has 0 aliphatic rings. The van der Waals surface area contributed by atoms with Gasteiger partial charge in [0.1, 0.15) is 18.5 Å². The van der Waals surface area contributed by atoms with Gasteiger partial charge in [0.25, 0.3) is 0 Å². The van der Waals surface area contributed by atoms with Crippen molar-refractivity contribution in [3.63, 3.8) is 0 Å². The highest BCUT2D eigenvalue weighted by molar-refractivity contribution is 14.1. The van der Waals surface area contributed by atoms with Crippen LogP contribution in [-0.4, -0.2) is 17.1 Å². The number of hydrogen-bond acceptors (Lipinski definition) is 4. The molecule has 4 rings (SSSR count). The number of para-hydroxylation sites is 2. The maximum Gasteiger partial charge on any atom is 0.174 e. The van der Waals surface area contributed by atoms with Gasteiger partial charge in [-0.05, 0) is 64.1 Å². The maximum absolute atomic E-state index is 9.69. The lowest BCUT2D eigenvalue weighted by Crippen LogP contribution is -2.00. The van der Waals surface area contributed by atoms with Gasteiger partial charge < -0.3 is 14.5 Å². The molecule has 30 heavy (non-hydrogen) atoms. The Kier molecular flexibility index (Phi) is 6.00. The van der Waals surface area contributed by atoms with Gasteiger partial charge in [0.15, 0.2) is 11.5 Å². The quantitative estimate of drug-likeness (QED) is 0.264. The summed E-state index contributed by atoms with van der Waals surface area (Å²) in [5.41, 5.74) is 4.08. The number of hydrogen-bond donors (Lipinski definition) is 1. The van der Waals surface area contributed by atoms with E-state index in [4.69, 9.17) is 9.47 Å². The molecule has 1 aromatic heterocycles. The number of nitrogens with one attached hydrogen (secondary N) is 1. The van der Waals surface area contributed by atoms with Crippen molar-refractivity contribution in [3.8, 4) is 17.6 Å². The normalized spacial score (nSPS) is 11.3. The standard InChI is InChI=1S/C24H18IN3O2/c1-29-22-13-17(12-19(25)23(22)30-15-16-7-3-2-4-8-16)11-18(14-26)24-27-20-9-5-6-10-21(20)28-24/h2-13H,15H2,1H3,(H,27,28)/b18-11+. The van der Waals surface area contributed by atoms with E-state index < -0.39 is 0 Å². The number of imidazole rings is 1. The van der Waals surface area contributed by atoms with Gasteiger partial charge >= 0.3 is 0 Å². The van der Waals surface area contributed by atoms with Crippen molar-refractivity contribution in [1.82, 2.24) is 9.97 Å². The number of methoxy groups -OCH3 is 1. The first-order valence-corrected chi connectivity index (χ1v) is 10.4. The van der Waals surface area contributed by atoms with Crippen molar-refractivity contribution >= 4 is 45.3 Å². The van der Waals surface area contributed by atoms with Crippen LogP contribution in [0.3, 0.4) is 0 Å². The van der Waals surface area contributed by atoms with E-state index in [-0.39, 0.29) is 0 Å². The molecule has 0 saturated carbocycles. The average molecular weight is 507 g/mol. The molecule has 3 aromatic carbocycles. The molecule has 0 spiro atoms. The van der Waals surface area contributed by atoms with Gasteiger partial charge in [0, 0.05) is 0 Å². The predicted molar refractivity (Wildman–Crippen MR) is 126 cm³/mol. The number of halogens is 1. The third-order valence-corrected chi connectivity index (χ3v) is 5.36. The van der Waals surface area contributed by atoms with Crippen LogP contribution in [0.5, 0.6) is 11.5 Å². The van der Waals surface area contributed by atoms with E-state index >= 15 is 0 Å². The lowest BCUT2D eigenvalue weighted by Gasteiger charge is -2.14. The second-order valence-corrected chi connectivity index (χ2v) is 7.74. The summed E-state index contributed by atoms with van der Waals surface area (Å²) in [6.07, 6.45) is 1.80. The molecule has 0 atom stereocenters. The predicted octanol–water partition coefficient (Wildman–Crippen LogP) is 5.82. The second-order valence-electron chi connectivity index (χ2n) is 6.58. The fourth-order valence-electron chi connectivity index (χ4n) is 3.09. The molecule has 0 aliphatic heterocycles. The summed E-state index contributed by atoms with van der Waals surface area (Å²) in [6.45, 7) is 0.449. The zero-order valence-electron chi connectivity index (χ0n) is 16.2. The third-order valence-electron chi connectivity index (χ3n) is 4.55. The highest BCUT2D eigenvalue weighted by Crippen LogP contribution is 2.35. The van der Waals surface area contributed by atoms with Crippen LogP contribution in [0.1, 0.15) is 17.0 Å². The molecule has 0 aliphatic carbocycles. The molecule has 5 nitrogen and oxygen atoms in total. The van der Waals surface area contributed by atoms with E-state index in [1.54, 1.807) is 13.2 Å². The summed E-state index contributed by atoms with van der Waals surface area (Å²) in [5, 5.41) is 9.69. The summed E-state index contributed by atoms with van der Waals surface area (Å²) in [7, 11) is 1.61. The molecular weight excluding hydrogens is 489 g/mol. The fourth-order valence-corrected chi connectivity index (χ4v) is 3.87. The van der Waals surface area contributed by atoms with E-state index in [0.29, 0.717) is 29.5 Å². The molecule has 0 radical (unpaired) electrons. The Bertz CT molecular complexity index is 1220. The highest BCUT2D eigenvalue weighted by Gasteiger charge is 2.13. The summed E-state index contributed by atoms with van der Waals surface area (Å²) in [6, 6.07) is 23.7. The Hall–Kier alpha value is -3.31. The number of benzene rings is 3. The van der Waals surface area contributed by atoms with Gasteiger partial charge in [-0.1, -0.05) is 42.5 Å². The van der Waals surface area contributed by atoms with Gasteiger partial charge in [-0.3, -0.25) is 0 Å². The Morgan fingerprint density at radius 3 is 2.63 bits per heavy atom. The zero-order chi connectivity index (χ0) is 20.9. The smallest absolute Gasteiger partial charge is 0.174 e. The van der Waals surface area contributed by atoms with E-state index in [9.17, 15) is 5.26 Å². The molecule has 0 amide bonds. The van der Waals surface area contributed by atoms with Gasteiger partial charge in [0.05, 0.1) is 27.3 Å². The van der Waals surface area contributed by atoms with Crippen molar-refractivity contribution < 1.29 is 9.47 Å². The first-order chi connectivity index (χ1) is 14.7. The average Bonchev–Trinajstić information content (AvgIpc) is 3.21. The summed E-state index contributed by atoms with van der Waals surface area (Å²) >= 11 is 2.22. The number of nitriles is 1. The SMILES string of the molecule is COc1cc(/C=C(\C#N)c2nc3ccccc3[nH]2)cc(I)c1OCc1ccccc1. The number of aromatic nitrogens is 2. The summed E-state index contributed by atoms with van der Waals surface area (Å²) in [5.74, 6) is 1.84. The zero-order valence-corrected chi connectivity index (χ0v) is 18.4. The monoisotopic (exact) mass is 507 g/mol. The van der Waals surface area contributed by atoms with Crippen LogP contribution in [0.4, 0.5) is 0 Å². The molecule has 1 N–H and O–H groups in total. The number of rotatable bonds is 6. The summed E-state index contributed by atoms with van der Waals surface area (Å²) < 4.78 is 12.5. The van der Waals surface area contributed by atoms with Crippen LogP contribution < -0.4 is 9.47 Å². The minimum absolute atomic E-state index is 0.446. The van der Waals surface area contributed by atoms with E-state index in [1.807, 2.05) is 66.7 Å². The number of nitrogens with zero attached hydrogens (tertiary/aromatic N) is 2. The van der Waals surface area contributed by atoms with Crippen molar-refractivity contribution in [2.75, 3.05) is 7.11 Å². The van der Waals surface area contributed by atoms with Crippen molar-refractivity contribution in [3.05, 3.63) is 87.3 Å². The van der Waals surface area contributed by atoms with Gasteiger partial charge in [-0.15, -0.1) is 0 Å². The van der Waals surface area contributed by atoms with E-state index in [2.05, 4.69) is 38.6 Å². The summed E-state index contributed by atoms with van der Waals surface area (Å²) in [4.78, 5) is 7.72. The lowest BCUT2D eigenvalue weighted by atomic mass is 10.1. The van der Waals surface area contributed by atoms with Crippen LogP contribution >= 0.6 is 22.6 Å². The van der Waals surface area contributed by atoms with Crippen molar-refractivity contribution in [1.29, 1.82) is 5.26 Å². The first-order valence-electron chi connectivity index (χ1n) is 9.29. The lowest BCUT2D eigenvalue weighted by molar-refractivity contribution is 0.282. The second kappa shape index (κ2) is 9.01. The Morgan fingerprint density at radius 1 is 1.13 bits per heavy atom. The number of ether oxygens (including phenoxy) is 2. The molecule has 0 bridgehead atoms.